The number of carboxylic acids is 1. The average Bonchev–Trinajstić information content (AvgIpc) is 3.62. The quantitative estimate of drug-likeness (QED) is 0.123. The molecule has 0 spiro atoms. The Morgan fingerprint density at radius 3 is 2.48 bits per heavy atom. The molecule has 8 atom stereocenters. The van der Waals surface area contributed by atoms with Crippen molar-refractivity contribution in [3.05, 3.63) is 59.7 Å². The molecule has 0 amide bonds. The van der Waals surface area contributed by atoms with Gasteiger partial charge >= 0.3 is 5.97 Å². The zero-order valence-corrected chi connectivity index (χ0v) is 27.8. The molecule has 2 aliphatic heterocycles. The molecular weight excluding hydrogens is 584 g/mol. The van der Waals surface area contributed by atoms with Crippen LogP contribution in [0.2, 0.25) is 0 Å². The molecule has 3 fully saturated rings. The van der Waals surface area contributed by atoms with Crippen molar-refractivity contribution >= 4 is 5.97 Å². The summed E-state index contributed by atoms with van der Waals surface area (Å²) in [5, 5.41) is 9.20. The summed E-state index contributed by atoms with van der Waals surface area (Å²) in [6, 6.07) is 10.1. The zero-order chi connectivity index (χ0) is 32.0. The third-order valence-corrected chi connectivity index (χ3v) is 9.93. The molecule has 4 aliphatic rings. The van der Waals surface area contributed by atoms with Crippen LogP contribution in [-0.2, 0) is 39.8 Å². The number of carbonyl (C=O) groups is 1. The van der Waals surface area contributed by atoms with Crippen LogP contribution in [0.15, 0.2) is 54.1 Å². The molecule has 1 aromatic carbocycles. The monoisotopic (exact) mass is 640 g/mol. The molecule has 0 aromatic heterocycles. The van der Waals surface area contributed by atoms with Crippen LogP contribution in [0.5, 0.6) is 0 Å². The first-order chi connectivity index (χ1) is 22.6. The highest BCUT2D eigenvalue weighted by molar-refractivity contribution is 5.68. The highest BCUT2D eigenvalue weighted by atomic mass is 16.7. The molecule has 1 N–H and O–H groups in total. The van der Waals surface area contributed by atoms with Crippen molar-refractivity contribution < 1.29 is 38.3 Å². The molecule has 3 unspecified atom stereocenters. The maximum absolute atomic E-state index is 11.2. The Kier molecular flexibility index (Phi) is 14.6. The minimum absolute atomic E-state index is 0.00733. The lowest BCUT2D eigenvalue weighted by Gasteiger charge is -2.30. The van der Waals surface area contributed by atoms with Crippen LogP contribution in [0.3, 0.4) is 0 Å². The van der Waals surface area contributed by atoms with Gasteiger partial charge in [-0.15, -0.1) is 0 Å². The fraction of sp³-hybridized carbons (Fsp3) is 0.711. The van der Waals surface area contributed by atoms with E-state index in [2.05, 4.69) is 37.3 Å². The van der Waals surface area contributed by atoms with Crippen molar-refractivity contribution in [2.45, 2.75) is 115 Å². The number of rotatable bonds is 19. The lowest BCUT2D eigenvalue weighted by molar-refractivity contribution is -0.192. The van der Waals surface area contributed by atoms with Gasteiger partial charge in [-0.2, -0.15) is 0 Å². The summed E-state index contributed by atoms with van der Waals surface area (Å²) in [5.74, 6) is 0.0515. The summed E-state index contributed by atoms with van der Waals surface area (Å²) in [6.45, 7) is 4.82. The number of allylic oxidation sites excluding steroid dienone is 1. The van der Waals surface area contributed by atoms with Crippen molar-refractivity contribution in [1.29, 1.82) is 0 Å². The van der Waals surface area contributed by atoms with Crippen molar-refractivity contribution in [2.75, 3.05) is 33.0 Å². The van der Waals surface area contributed by atoms with Crippen molar-refractivity contribution in [3.63, 3.8) is 0 Å². The van der Waals surface area contributed by atoms with E-state index in [1.807, 2.05) is 18.2 Å². The van der Waals surface area contributed by atoms with E-state index in [9.17, 15) is 9.90 Å². The van der Waals surface area contributed by atoms with E-state index in [-0.39, 0.29) is 43.2 Å². The van der Waals surface area contributed by atoms with Crippen LogP contribution >= 0.6 is 0 Å². The maximum atomic E-state index is 11.2. The van der Waals surface area contributed by atoms with E-state index in [0.717, 1.165) is 83.0 Å². The molecule has 2 saturated heterocycles. The van der Waals surface area contributed by atoms with Crippen molar-refractivity contribution in [1.82, 2.24) is 0 Å². The number of fused-ring (bicyclic) bond motifs is 1. The summed E-state index contributed by atoms with van der Waals surface area (Å²) < 4.78 is 37.0. The van der Waals surface area contributed by atoms with Gasteiger partial charge in [-0.05, 0) is 75.2 Å². The Morgan fingerprint density at radius 1 is 1.00 bits per heavy atom. The van der Waals surface area contributed by atoms with Gasteiger partial charge in [0, 0.05) is 25.0 Å². The molecule has 46 heavy (non-hydrogen) atoms. The van der Waals surface area contributed by atoms with Crippen LogP contribution in [0.1, 0.15) is 89.5 Å². The Bertz CT molecular complexity index is 1080. The summed E-state index contributed by atoms with van der Waals surface area (Å²) in [5.41, 5.74) is 2.43. The largest absolute Gasteiger partial charge is 0.480 e. The summed E-state index contributed by atoms with van der Waals surface area (Å²) in [7, 11) is 0. The highest BCUT2D eigenvalue weighted by Crippen LogP contribution is 2.50. The third kappa shape index (κ3) is 11.0. The van der Waals surface area contributed by atoms with E-state index in [1.54, 1.807) is 0 Å². The maximum Gasteiger partial charge on any atom is 0.329 e. The minimum Gasteiger partial charge on any atom is -0.480 e. The first-order valence-electron chi connectivity index (χ1n) is 17.9. The second kappa shape index (κ2) is 19.1. The van der Waals surface area contributed by atoms with Crippen molar-refractivity contribution in [3.8, 4) is 0 Å². The summed E-state index contributed by atoms with van der Waals surface area (Å²) >= 11 is 0. The molecule has 1 aromatic rings. The van der Waals surface area contributed by atoms with E-state index in [4.69, 9.17) is 28.4 Å². The van der Waals surface area contributed by atoms with Gasteiger partial charge in [0.1, 0.15) is 6.61 Å². The number of hydrogen-bond acceptors (Lipinski definition) is 7. The van der Waals surface area contributed by atoms with Crippen molar-refractivity contribution in [2.24, 2.45) is 23.7 Å². The number of ether oxygens (including phenoxy) is 6. The Morgan fingerprint density at radius 2 is 1.76 bits per heavy atom. The van der Waals surface area contributed by atoms with Gasteiger partial charge in [0.05, 0.1) is 32.0 Å². The molecule has 8 nitrogen and oxygen atoms in total. The predicted molar refractivity (Wildman–Crippen MR) is 176 cm³/mol. The number of unbranched alkanes of at least 4 members (excludes halogenated alkanes) is 2. The highest BCUT2D eigenvalue weighted by Gasteiger charge is 2.46. The Labute approximate surface area is 275 Å². The number of carboxylic acid groups (broad SMARTS) is 1. The molecule has 1 saturated carbocycles. The number of hydrogen-bond donors (Lipinski definition) is 1. The van der Waals surface area contributed by atoms with Crippen LogP contribution in [-0.4, -0.2) is 68.9 Å². The first kappa shape index (κ1) is 35.2. The lowest BCUT2D eigenvalue weighted by Crippen LogP contribution is -2.31. The normalized spacial score (nSPS) is 29.5. The van der Waals surface area contributed by atoms with Crippen LogP contribution in [0.4, 0.5) is 0 Å². The molecule has 0 bridgehead atoms. The topological polar surface area (TPSA) is 92.7 Å². The number of benzene rings is 1. The van der Waals surface area contributed by atoms with Gasteiger partial charge in [0.15, 0.2) is 12.6 Å². The fourth-order valence-electron chi connectivity index (χ4n) is 7.49. The second-order valence-electron chi connectivity index (χ2n) is 13.5. The van der Waals surface area contributed by atoms with E-state index in [1.165, 1.54) is 18.4 Å². The van der Waals surface area contributed by atoms with Crippen LogP contribution in [0, 0.1) is 23.7 Å². The molecular formula is C38H56O8. The molecule has 2 heterocycles. The van der Waals surface area contributed by atoms with Gasteiger partial charge in [-0.1, -0.05) is 80.3 Å². The second-order valence-corrected chi connectivity index (χ2v) is 13.5. The predicted octanol–water partition coefficient (Wildman–Crippen LogP) is 7.46. The van der Waals surface area contributed by atoms with Gasteiger partial charge < -0.3 is 33.5 Å². The Balaban J connectivity index is 1.30. The van der Waals surface area contributed by atoms with Crippen LogP contribution in [0.25, 0.3) is 0 Å². The van der Waals surface area contributed by atoms with Gasteiger partial charge in [0.2, 0.25) is 0 Å². The van der Waals surface area contributed by atoms with Gasteiger partial charge in [-0.3, -0.25) is 0 Å². The van der Waals surface area contributed by atoms with Crippen LogP contribution < -0.4 is 0 Å². The minimum atomic E-state index is -0.953. The summed E-state index contributed by atoms with van der Waals surface area (Å²) in [6.07, 6.45) is 19.8. The molecule has 5 rings (SSSR count). The molecule has 2 aliphatic carbocycles. The standard InChI is InChI=1S/C38H56O8/c1-2-3-5-14-32(45-37-15-8-10-19-43-37)17-18-33-34-22-29(21-30(34)23-35(33)46-38-16-9-11-20-44-38)31(26-42-27-36(39)40)25-41-24-28-12-6-4-7-13-28/h4,6-7,12-13,17-18,22,30-35,37-38H,2-3,5,8-11,14-16,19-21,23-27H2,1H3,(H,39,40)/b18-17+/t30-,31?,32-,33+,34-,35+,37?,38?/m0/s1. The zero-order valence-electron chi connectivity index (χ0n) is 27.8. The smallest absolute Gasteiger partial charge is 0.329 e. The number of aliphatic carboxylic acids is 1. The van der Waals surface area contributed by atoms with Gasteiger partial charge in [-0.25, -0.2) is 4.79 Å². The van der Waals surface area contributed by atoms with E-state index < -0.39 is 5.97 Å². The van der Waals surface area contributed by atoms with E-state index >= 15 is 0 Å². The van der Waals surface area contributed by atoms with E-state index in [0.29, 0.717) is 31.7 Å². The first-order valence-corrected chi connectivity index (χ1v) is 17.9. The summed E-state index contributed by atoms with van der Waals surface area (Å²) in [4.78, 5) is 11.2. The lowest BCUT2D eigenvalue weighted by atomic mass is 9.91. The fourth-order valence-corrected chi connectivity index (χ4v) is 7.49. The third-order valence-electron chi connectivity index (χ3n) is 9.93. The SMILES string of the molecule is CCCCC[C@@H](/C=C/[C@@H]1[C@H]2C=C(C(COCC(=O)O)COCc3ccccc3)C[C@H]2C[C@H]1OC1CCCCO1)OC1CCCCO1. The molecule has 256 valence electrons. The molecule has 8 heteroatoms. The average molecular weight is 641 g/mol. The Hall–Kier alpha value is -2.07. The molecule has 0 radical (unpaired) electrons. The van der Waals surface area contributed by atoms with Gasteiger partial charge in [0.25, 0.3) is 0 Å².